The Morgan fingerprint density at radius 1 is 0.684 bits per heavy atom. The Hall–Kier alpha value is -0.340. The van der Waals surface area contributed by atoms with Crippen LogP contribution in [0.1, 0.15) is 25.7 Å². The Morgan fingerprint density at radius 2 is 1.05 bits per heavy atom. The maximum absolute atomic E-state index is 13.5. The van der Waals surface area contributed by atoms with Crippen LogP contribution in [-0.2, 0) is 0 Å². The first-order chi connectivity index (χ1) is 8.21. The molecule has 0 amide bonds. The van der Waals surface area contributed by atoms with Gasteiger partial charge in [-0.3, -0.25) is 0 Å². The van der Waals surface area contributed by atoms with E-state index in [0.29, 0.717) is 0 Å². The molecule has 1 fully saturated rings. The Kier molecular flexibility index (Phi) is 3.81. The van der Waals surface area contributed by atoms with Crippen molar-refractivity contribution in [2.45, 2.75) is 54.5 Å². The van der Waals surface area contributed by atoms with Crippen LogP contribution in [0.15, 0.2) is 0 Å². The van der Waals surface area contributed by atoms with Crippen LogP contribution < -0.4 is 0 Å². The largest absolute Gasteiger partial charge is 0.460 e. The third kappa shape index (κ3) is 2.17. The molecular weight excluding hydrogens is 315 g/mol. The summed E-state index contributed by atoms with van der Waals surface area (Å²) in [5.74, 6) is -19.2. The molecule has 10 heteroatoms. The van der Waals surface area contributed by atoms with Crippen LogP contribution in [0.25, 0.3) is 0 Å². The molecule has 0 N–H and O–H groups in total. The van der Waals surface area contributed by atoms with Gasteiger partial charge in [-0.25, -0.2) is 0 Å². The average Bonchev–Trinajstić information content (AvgIpc) is 2.64. The summed E-state index contributed by atoms with van der Waals surface area (Å²) >= 11 is 5.17. The molecule has 1 aliphatic carbocycles. The van der Waals surface area contributed by atoms with Crippen LogP contribution in [-0.4, -0.2) is 28.8 Å². The molecule has 0 spiro atoms. The summed E-state index contributed by atoms with van der Waals surface area (Å²) in [4.78, 5) is -3.09. The lowest BCUT2D eigenvalue weighted by atomic mass is 9.89. The van der Waals surface area contributed by atoms with Gasteiger partial charge in [0.25, 0.3) is 0 Å². The first-order valence-electron chi connectivity index (χ1n) is 5.10. The van der Waals surface area contributed by atoms with Gasteiger partial charge in [0.15, 0.2) is 0 Å². The minimum atomic E-state index is -6.87. The maximum atomic E-state index is 13.5. The third-order valence-electron chi connectivity index (χ3n) is 3.10. The number of halogens is 10. The molecule has 19 heavy (non-hydrogen) atoms. The minimum Gasteiger partial charge on any atom is -0.198 e. The van der Waals surface area contributed by atoms with E-state index in [1.165, 1.54) is 0 Å². The van der Waals surface area contributed by atoms with Gasteiger partial charge in [-0.1, -0.05) is 12.8 Å². The standard InChI is InChI=1S/C9H8ClF9/c10-5(3-1-2-4-5)6(11,12)7(13,14)8(15,16)9(17,18)19/h1-4H2. The van der Waals surface area contributed by atoms with E-state index in [2.05, 4.69) is 0 Å². The van der Waals surface area contributed by atoms with Crippen molar-refractivity contribution in [2.75, 3.05) is 0 Å². The number of hydrogen-bond acceptors (Lipinski definition) is 0. The molecule has 0 nitrogen and oxygen atoms in total. The highest BCUT2D eigenvalue weighted by atomic mass is 35.5. The van der Waals surface area contributed by atoms with Gasteiger partial charge < -0.3 is 0 Å². The van der Waals surface area contributed by atoms with E-state index < -0.39 is 41.7 Å². The predicted molar refractivity (Wildman–Crippen MR) is 47.9 cm³/mol. The molecule has 0 aromatic rings. The SMILES string of the molecule is FC(F)(F)C(F)(F)C(F)(F)C(F)(F)C1(Cl)CCCC1. The van der Waals surface area contributed by atoms with Crippen LogP contribution >= 0.6 is 11.6 Å². The fourth-order valence-electron chi connectivity index (χ4n) is 1.91. The molecule has 0 aromatic carbocycles. The van der Waals surface area contributed by atoms with Gasteiger partial charge in [0, 0.05) is 0 Å². The molecule has 0 saturated heterocycles. The Bertz CT molecular complexity index is 340. The normalized spacial score (nSPS) is 21.8. The van der Waals surface area contributed by atoms with Gasteiger partial charge >= 0.3 is 23.9 Å². The molecular formula is C9H8ClF9. The highest BCUT2D eigenvalue weighted by Gasteiger charge is 2.85. The topological polar surface area (TPSA) is 0 Å². The summed E-state index contributed by atoms with van der Waals surface area (Å²) in [6, 6.07) is 0. The summed E-state index contributed by atoms with van der Waals surface area (Å²) in [5, 5.41) is 0. The van der Waals surface area contributed by atoms with Crippen molar-refractivity contribution in [1.29, 1.82) is 0 Å². The number of rotatable bonds is 3. The van der Waals surface area contributed by atoms with E-state index in [-0.39, 0.29) is 12.8 Å². The van der Waals surface area contributed by atoms with Crippen molar-refractivity contribution in [2.24, 2.45) is 0 Å². The van der Waals surface area contributed by atoms with Gasteiger partial charge in [-0.05, 0) is 12.8 Å². The molecule has 0 aromatic heterocycles. The Labute approximate surface area is 106 Å². The summed E-state index contributed by atoms with van der Waals surface area (Å²) in [6.45, 7) is 0. The maximum Gasteiger partial charge on any atom is 0.460 e. The molecule has 114 valence electrons. The van der Waals surface area contributed by atoms with Crippen molar-refractivity contribution < 1.29 is 39.5 Å². The smallest absolute Gasteiger partial charge is 0.198 e. The molecule has 0 unspecified atom stereocenters. The van der Waals surface area contributed by atoms with Crippen LogP contribution in [0.5, 0.6) is 0 Å². The lowest BCUT2D eigenvalue weighted by molar-refractivity contribution is -0.400. The third-order valence-corrected chi connectivity index (χ3v) is 3.72. The van der Waals surface area contributed by atoms with Gasteiger partial charge in [0.05, 0.1) is 0 Å². The first kappa shape index (κ1) is 16.7. The number of alkyl halides is 10. The molecule has 0 aliphatic heterocycles. The van der Waals surface area contributed by atoms with Crippen molar-refractivity contribution in [3.63, 3.8) is 0 Å². The van der Waals surface area contributed by atoms with E-state index in [0.717, 1.165) is 0 Å². The van der Waals surface area contributed by atoms with Gasteiger partial charge in [0.1, 0.15) is 4.87 Å². The fourth-order valence-corrected chi connectivity index (χ4v) is 2.29. The van der Waals surface area contributed by atoms with Gasteiger partial charge in [-0.2, -0.15) is 39.5 Å². The van der Waals surface area contributed by atoms with Gasteiger partial charge in [-0.15, -0.1) is 11.6 Å². The van der Waals surface area contributed by atoms with Crippen molar-refractivity contribution >= 4 is 11.6 Å². The number of hydrogen-bond donors (Lipinski definition) is 0. The van der Waals surface area contributed by atoms with Gasteiger partial charge in [0.2, 0.25) is 0 Å². The summed E-state index contributed by atoms with van der Waals surface area (Å²) in [7, 11) is 0. The average molecular weight is 323 g/mol. The predicted octanol–water partition coefficient (Wildman–Crippen LogP) is 5.01. The monoisotopic (exact) mass is 322 g/mol. The second kappa shape index (κ2) is 4.33. The molecule has 1 rings (SSSR count). The first-order valence-corrected chi connectivity index (χ1v) is 5.47. The Morgan fingerprint density at radius 3 is 1.37 bits per heavy atom. The van der Waals surface area contributed by atoms with Crippen LogP contribution in [0, 0.1) is 0 Å². The molecule has 0 heterocycles. The van der Waals surface area contributed by atoms with Crippen molar-refractivity contribution in [1.82, 2.24) is 0 Å². The van der Waals surface area contributed by atoms with Crippen LogP contribution in [0.3, 0.4) is 0 Å². The minimum absolute atomic E-state index is 0.0488. The van der Waals surface area contributed by atoms with Crippen LogP contribution in [0.2, 0.25) is 0 Å². The lowest BCUT2D eigenvalue weighted by Crippen LogP contribution is -2.66. The molecule has 0 bridgehead atoms. The van der Waals surface area contributed by atoms with E-state index in [9.17, 15) is 39.5 Å². The van der Waals surface area contributed by atoms with Crippen molar-refractivity contribution in [3.05, 3.63) is 0 Å². The Balaban J connectivity index is 3.25. The molecule has 1 saturated carbocycles. The van der Waals surface area contributed by atoms with Crippen LogP contribution in [0.4, 0.5) is 39.5 Å². The molecule has 1 aliphatic rings. The second-order valence-corrected chi connectivity index (χ2v) is 5.12. The van der Waals surface area contributed by atoms with E-state index in [1.54, 1.807) is 0 Å². The van der Waals surface area contributed by atoms with Crippen molar-refractivity contribution in [3.8, 4) is 0 Å². The molecule has 0 atom stereocenters. The second-order valence-electron chi connectivity index (χ2n) is 4.39. The summed E-state index contributed by atoms with van der Waals surface area (Å²) < 4.78 is 114. The zero-order valence-corrected chi connectivity index (χ0v) is 9.86. The zero-order valence-electron chi connectivity index (χ0n) is 9.11. The van der Waals surface area contributed by atoms with E-state index >= 15 is 0 Å². The van der Waals surface area contributed by atoms with E-state index in [4.69, 9.17) is 11.6 Å². The quantitative estimate of drug-likeness (QED) is 0.506. The summed E-state index contributed by atoms with van der Waals surface area (Å²) in [6.07, 6.45) is -8.42. The molecule has 0 radical (unpaired) electrons. The zero-order chi connectivity index (χ0) is 15.3. The summed E-state index contributed by atoms with van der Waals surface area (Å²) in [5.41, 5.74) is 0. The lowest BCUT2D eigenvalue weighted by Gasteiger charge is -2.40. The fraction of sp³-hybridized carbons (Fsp3) is 1.00. The van der Waals surface area contributed by atoms with E-state index in [1.807, 2.05) is 0 Å². The highest BCUT2D eigenvalue weighted by Crippen LogP contribution is 2.60. The highest BCUT2D eigenvalue weighted by molar-refractivity contribution is 6.25.